The van der Waals surface area contributed by atoms with Crippen LogP contribution in [0.5, 0.6) is 0 Å². The molecule has 2 aromatic rings. The molecule has 0 aliphatic carbocycles. The SMILES string of the molecule is CCC(COC)Nc1nc(N)nc(-n2ccnc2)n1. The number of nitrogen functional groups attached to an aromatic ring is 1. The third-order valence-electron chi connectivity index (χ3n) is 2.57. The van der Waals surface area contributed by atoms with Crippen LogP contribution in [0.2, 0.25) is 0 Å². The van der Waals surface area contributed by atoms with Gasteiger partial charge < -0.3 is 15.8 Å². The summed E-state index contributed by atoms with van der Waals surface area (Å²) in [6.07, 6.45) is 5.88. The van der Waals surface area contributed by atoms with Crippen molar-refractivity contribution in [3.8, 4) is 5.95 Å². The van der Waals surface area contributed by atoms with E-state index in [9.17, 15) is 0 Å². The zero-order valence-electron chi connectivity index (χ0n) is 10.9. The van der Waals surface area contributed by atoms with Gasteiger partial charge in [-0.05, 0) is 6.42 Å². The van der Waals surface area contributed by atoms with Gasteiger partial charge in [0.15, 0.2) is 0 Å². The van der Waals surface area contributed by atoms with E-state index in [1.54, 1.807) is 30.4 Å². The van der Waals surface area contributed by atoms with Crippen LogP contribution in [0, 0.1) is 0 Å². The summed E-state index contributed by atoms with van der Waals surface area (Å²) in [5.74, 6) is 1.02. The van der Waals surface area contributed by atoms with E-state index in [1.807, 2.05) is 0 Å². The van der Waals surface area contributed by atoms with Crippen molar-refractivity contribution < 1.29 is 4.74 Å². The lowest BCUT2D eigenvalue weighted by molar-refractivity contribution is 0.184. The average Bonchev–Trinajstić information content (AvgIpc) is 2.91. The molecule has 0 saturated heterocycles. The molecule has 0 fully saturated rings. The first-order chi connectivity index (χ1) is 9.22. The van der Waals surface area contributed by atoms with Crippen LogP contribution in [0.3, 0.4) is 0 Å². The van der Waals surface area contributed by atoms with Gasteiger partial charge in [-0.15, -0.1) is 0 Å². The molecular formula is C11H17N7O. The van der Waals surface area contributed by atoms with Gasteiger partial charge in [0.2, 0.25) is 17.8 Å². The summed E-state index contributed by atoms with van der Waals surface area (Å²) in [6, 6.07) is 0.127. The van der Waals surface area contributed by atoms with Gasteiger partial charge in [-0.3, -0.25) is 4.57 Å². The number of anilines is 2. The second-order valence-corrected chi connectivity index (χ2v) is 3.99. The van der Waals surface area contributed by atoms with Gasteiger partial charge in [0.1, 0.15) is 6.33 Å². The molecule has 3 N–H and O–H groups in total. The van der Waals surface area contributed by atoms with Gasteiger partial charge in [0.05, 0.1) is 12.6 Å². The van der Waals surface area contributed by atoms with E-state index in [0.717, 1.165) is 6.42 Å². The third-order valence-corrected chi connectivity index (χ3v) is 2.57. The monoisotopic (exact) mass is 263 g/mol. The number of nitrogens with two attached hydrogens (primary N) is 1. The number of imidazole rings is 1. The predicted molar refractivity (Wildman–Crippen MR) is 70.9 cm³/mol. The lowest BCUT2D eigenvalue weighted by Gasteiger charge is -2.16. The highest BCUT2D eigenvalue weighted by Crippen LogP contribution is 2.09. The second kappa shape index (κ2) is 6.10. The Morgan fingerprint density at radius 3 is 2.89 bits per heavy atom. The van der Waals surface area contributed by atoms with Gasteiger partial charge >= 0.3 is 0 Å². The van der Waals surface area contributed by atoms with Crippen LogP contribution in [0.4, 0.5) is 11.9 Å². The fourth-order valence-electron chi connectivity index (χ4n) is 1.58. The first kappa shape index (κ1) is 13.2. The van der Waals surface area contributed by atoms with Crippen LogP contribution in [-0.4, -0.2) is 44.3 Å². The van der Waals surface area contributed by atoms with E-state index in [-0.39, 0.29) is 12.0 Å². The summed E-state index contributed by atoms with van der Waals surface area (Å²) in [4.78, 5) is 16.4. The quantitative estimate of drug-likeness (QED) is 0.780. The van der Waals surface area contributed by atoms with Crippen molar-refractivity contribution in [1.29, 1.82) is 0 Å². The van der Waals surface area contributed by atoms with Crippen molar-refractivity contribution in [2.75, 3.05) is 24.8 Å². The van der Waals surface area contributed by atoms with Crippen LogP contribution in [0.1, 0.15) is 13.3 Å². The molecule has 0 bridgehead atoms. The van der Waals surface area contributed by atoms with Gasteiger partial charge in [-0.1, -0.05) is 6.92 Å². The van der Waals surface area contributed by atoms with E-state index < -0.39 is 0 Å². The van der Waals surface area contributed by atoms with Crippen LogP contribution in [-0.2, 0) is 4.74 Å². The van der Waals surface area contributed by atoms with Crippen molar-refractivity contribution in [1.82, 2.24) is 24.5 Å². The molecule has 102 valence electrons. The smallest absolute Gasteiger partial charge is 0.241 e. The normalized spacial score (nSPS) is 12.3. The van der Waals surface area contributed by atoms with Crippen LogP contribution in [0.25, 0.3) is 5.95 Å². The Bertz CT molecular complexity index is 514. The molecule has 0 aliphatic heterocycles. The molecule has 1 atom stereocenters. The summed E-state index contributed by atoms with van der Waals surface area (Å²) in [7, 11) is 1.66. The van der Waals surface area contributed by atoms with Crippen molar-refractivity contribution >= 4 is 11.9 Å². The molecule has 2 rings (SSSR count). The maximum Gasteiger partial charge on any atom is 0.241 e. The number of methoxy groups -OCH3 is 1. The summed E-state index contributed by atoms with van der Waals surface area (Å²) in [6.45, 7) is 2.63. The lowest BCUT2D eigenvalue weighted by Crippen LogP contribution is -2.25. The molecule has 19 heavy (non-hydrogen) atoms. The number of hydrogen-bond donors (Lipinski definition) is 2. The fourth-order valence-corrected chi connectivity index (χ4v) is 1.58. The van der Waals surface area contributed by atoms with Crippen LogP contribution in [0.15, 0.2) is 18.7 Å². The van der Waals surface area contributed by atoms with E-state index in [1.165, 1.54) is 0 Å². The maximum absolute atomic E-state index is 5.69. The molecule has 1 unspecified atom stereocenters. The first-order valence-electron chi connectivity index (χ1n) is 5.98. The highest BCUT2D eigenvalue weighted by atomic mass is 16.5. The van der Waals surface area contributed by atoms with Crippen molar-refractivity contribution in [2.24, 2.45) is 0 Å². The van der Waals surface area contributed by atoms with E-state index in [4.69, 9.17) is 10.5 Å². The first-order valence-corrected chi connectivity index (χ1v) is 5.98. The Kier molecular flexibility index (Phi) is 4.24. The van der Waals surface area contributed by atoms with Crippen LogP contribution >= 0.6 is 0 Å². The lowest BCUT2D eigenvalue weighted by atomic mass is 10.2. The molecule has 0 radical (unpaired) electrons. The summed E-state index contributed by atoms with van der Waals surface area (Å²) >= 11 is 0. The Labute approximate surface area is 111 Å². The highest BCUT2D eigenvalue weighted by molar-refractivity contribution is 5.35. The summed E-state index contributed by atoms with van der Waals surface area (Å²) in [5.41, 5.74) is 5.69. The minimum Gasteiger partial charge on any atom is -0.383 e. The zero-order valence-corrected chi connectivity index (χ0v) is 10.9. The van der Waals surface area contributed by atoms with Gasteiger partial charge in [0.25, 0.3) is 0 Å². The minimum absolute atomic E-state index is 0.127. The van der Waals surface area contributed by atoms with Crippen molar-refractivity contribution in [3.63, 3.8) is 0 Å². The molecule has 0 amide bonds. The Balaban J connectivity index is 2.21. The van der Waals surface area contributed by atoms with Crippen molar-refractivity contribution in [3.05, 3.63) is 18.7 Å². The van der Waals surface area contributed by atoms with E-state index >= 15 is 0 Å². The maximum atomic E-state index is 5.69. The van der Waals surface area contributed by atoms with Gasteiger partial charge in [-0.25, -0.2) is 4.98 Å². The molecular weight excluding hydrogens is 246 g/mol. The second-order valence-electron chi connectivity index (χ2n) is 3.99. The van der Waals surface area contributed by atoms with Crippen LogP contribution < -0.4 is 11.1 Å². The molecule has 2 aromatic heterocycles. The number of ether oxygens (including phenoxy) is 1. The molecule has 0 aliphatic rings. The topological polar surface area (TPSA) is 104 Å². The molecule has 8 nitrogen and oxygen atoms in total. The Morgan fingerprint density at radius 2 is 2.26 bits per heavy atom. The summed E-state index contributed by atoms with van der Waals surface area (Å²) < 4.78 is 6.79. The number of nitrogens with one attached hydrogen (secondary N) is 1. The Hall–Kier alpha value is -2.22. The van der Waals surface area contributed by atoms with Crippen molar-refractivity contribution in [2.45, 2.75) is 19.4 Å². The van der Waals surface area contributed by atoms with Gasteiger partial charge in [0, 0.05) is 19.5 Å². The third kappa shape index (κ3) is 3.38. The van der Waals surface area contributed by atoms with Gasteiger partial charge in [-0.2, -0.15) is 15.0 Å². The number of aromatic nitrogens is 5. The molecule has 0 saturated carbocycles. The number of hydrogen-bond acceptors (Lipinski definition) is 7. The number of nitrogens with zero attached hydrogens (tertiary/aromatic N) is 5. The minimum atomic E-state index is 0.127. The standard InChI is InChI=1S/C11H17N7O/c1-3-8(6-19-2)14-10-15-9(12)16-11(17-10)18-5-4-13-7-18/h4-5,7-8H,3,6H2,1-2H3,(H3,12,14,15,16,17). The highest BCUT2D eigenvalue weighted by Gasteiger charge is 2.10. The van der Waals surface area contributed by atoms with E-state index in [2.05, 4.69) is 32.2 Å². The number of rotatable bonds is 6. The molecule has 0 spiro atoms. The fraction of sp³-hybridized carbons (Fsp3) is 0.455. The molecule has 0 aromatic carbocycles. The molecule has 8 heteroatoms. The average molecular weight is 263 g/mol. The Morgan fingerprint density at radius 1 is 1.42 bits per heavy atom. The van der Waals surface area contributed by atoms with E-state index in [0.29, 0.717) is 18.5 Å². The summed E-state index contributed by atoms with van der Waals surface area (Å²) in [5, 5.41) is 3.17. The predicted octanol–water partition coefficient (Wildman–Crippen LogP) is 0.476. The zero-order chi connectivity index (χ0) is 13.7. The largest absolute Gasteiger partial charge is 0.383 e. The molecule has 2 heterocycles.